The molecule has 2 aliphatic rings. The first-order valence-electron chi connectivity index (χ1n) is 7.72. The Labute approximate surface area is 115 Å². The van der Waals surface area contributed by atoms with Crippen molar-refractivity contribution in [2.75, 3.05) is 19.6 Å². The van der Waals surface area contributed by atoms with Gasteiger partial charge in [-0.05, 0) is 51.2 Å². The van der Waals surface area contributed by atoms with E-state index >= 15 is 0 Å². The zero-order valence-corrected chi connectivity index (χ0v) is 11.9. The lowest BCUT2D eigenvalue weighted by Crippen LogP contribution is -2.34. The molecule has 1 aromatic rings. The molecule has 4 nitrogen and oxygen atoms in total. The summed E-state index contributed by atoms with van der Waals surface area (Å²) in [7, 11) is 0. The highest BCUT2D eigenvalue weighted by molar-refractivity contribution is 5.11. The van der Waals surface area contributed by atoms with Crippen molar-refractivity contribution in [2.24, 2.45) is 5.92 Å². The van der Waals surface area contributed by atoms with Gasteiger partial charge in [-0.1, -0.05) is 6.92 Å². The summed E-state index contributed by atoms with van der Waals surface area (Å²) in [5, 5.41) is 9.98. The molecule has 2 aliphatic heterocycles. The van der Waals surface area contributed by atoms with Gasteiger partial charge in [-0.15, -0.1) is 0 Å². The van der Waals surface area contributed by atoms with Crippen molar-refractivity contribution in [3.63, 3.8) is 0 Å². The maximum Gasteiger partial charge on any atom is 0.109 e. The van der Waals surface area contributed by atoms with Crippen LogP contribution in [0.5, 0.6) is 0 Å². The lowest BCUT2D eigenvalue weighted by molar-refractivity contribution is 0.137. The molecule has 0 bridgehead atoms. The van der Waals surface area contributed by atoms with E-state index in [0.29, 0.717) is 0 Å². The highest BCUT2D eigenvalue weighted by atomic mass is 16.3. The van der Waals surface area contributed by atoms with E-state index in [4.69, 9.17) is 0 Å². The maximum absolute atomic E-state index is 9.98. The second-order valence-corrected chi connectivity index (χ2v) is 5.99. The zero-order valence-electron chi connectivity index (χ0n) is 11.9. The normalized spacial score (nSPS) is 25.5. The van der Waals surface area contributed by atoms with Crippen molar-refractivity contribution in [3.8, 4) is 0 Å². The quantitative estimate of drug-likeness (QED) is 0.906. The molecule has 19 heavy (non-hydrogen) atoms. The molecular weight excluding hydrogens is 238 g/mol. The number of nitrogens with zero attached hydrogens (tertiary/aromatic N) is 3. The topological polar surface area (TPSA) is 41.3 Å². The predicted octanol–water partition coefficient (Wildman–Crippen LogP) is 1.98. The summed E-state index contributed by atoms with van der Waals surface area (Å²) < 4.78 is 2.26. The Kier molecular flexibility index (Phi) is 3.89. The number of rotatable bonds is 3. The molecule has 1 atom stereocenters. The molecular formula is C15H25N3O. The Morgan fingerprint density at radius 3 is 2.79 bits per heavy atom. The smallest absolute Gasteiger partial charge is 0.109 e. The van der Waals surface area contributed by atoms with Gasteiger partial charge in [-0.3, -0.25) is 0 Å². The fourth-order valence-corrected chi connectivity index (χ4v) is 3.47. The van der Waals surface area contributed by atoms with Crippen LogP contribution in [-0.2, 0) is 13.0 Å². The van der Waals surface area contributed by atoms with Crippen LogP contribution in [0.2, 0.25) is 0 Å². The second kappa shape index (κ2) is 5.63. The van der Waals surface area contributed by atoms with Crippen LogP contribution >= 0.6 is 0 Å². The molecule has 4 heteroatoms. The Morgan fingerprint density at radius 2 is 2.05 bits per heavy atom. The first-order chi connectivity index (χ1) is 9.28. The van der Waals surface area contributed by atoms with Gasteiger partial charge in [-0.2, -0.15) is 0 Å². The highest BCUT2D eigenvalue weighted by Gasteiger charge is 2.24. The Balaban J connectivity index is 1.65. The maximum atomic E-state index is 9.98. The average molecular weight is 263 g/mol. The number of fused-ring (bicyclic) bond motifs is 1. The van der Waals surface area contributed by atoms with Gasteiger partial charge in [0.2, 0.25) is 0 Å². The second-order valence-electron chi connectivity index (χ2n) is 5.99. The molecule has 0 spiro atoms. The molecule has 1 unspecified atom stereocenters. The zero-order chi connectivity index (χ0) is 13.2. The summed E-state index contributed by atoms with van der Waals surface area (Å²) in [6.07, 6.45) is 7.23. The molecule has 3 heterocycles. The molecule has 1 fully saturated rings. The first kappa shape index (κ1) is 13.1. The minimum Gasteiger partial charge on any atom is -0.387 e. The van der Waals surface area contributed by atoms with Gasteiger partial charge < -0.3 is 14.6 Å². The molecule has 0 amide bonds. The van der Waals surface area contributed by atoms with Gasteiger partial charge in [0.15, 0.2) is 0 Å². The monoisotopic (exact) mass is 263 g/mol. The predicted molar refractivity (Wildman–Crippen MR) is 75.0 cm³/mol. The minimum atomic E-state index is -0.295. The van der Waals surface area contributed by atoms with Crippen molar-refractivity contribution >= 4 is 0 Å². The largest absolute Gasteiger partial charge is 0.387 e. The van der Waals surface area contributed by atoms with Crippen LogP contribution in [0.4, 0.5) is 0 Å². The van der Waals surface area contributed by atoms with Gasteiger partial charge in [-0.25, -0.2) is 4.98 Å². The molecule has 3 rings (SSSR count). The van der Waals surface area contributed by atoms with E-state index in [1.807, 2.05) is 6.20 Å². The standard InChI is InChI=1S/C15H25N3O/c1-2-17-8-5-12(6-9-17)10-15-16-11-13-14(19)4-3-7-18(13)15/h11-12,14,19H,2-10H2,1H3. The van der Waals surface area contributed by atoms with Crippen LogP contribution in [0.1, 0.15) is 50.2 Å². The van der Waals surface area contributed by atoms with E-state index in [1.54, 1.807) is 0 Å². The van der Waals surface area contributed by atoms with Crippen molar-refractivity contribution in [3.05, 3.63) is 17.7 Å². The van der Waals surface area contributed by atoms with Crippen LogP contribution in [0, 0.1) is 5.92 Å². The van der Waals surface area contributed by atoms with Crippen molar-refractivity contribution in [1.29, 1.82) is 0 Å². The van der Waals surface area contributed by atoms with Crippen LogP contribution in [0.25, 0.3) is 0 Å². The van der Waals surface area contributed by atoms with E-state index < -0.39 is 0 Å². The number of piperidine rings is 1. The summed E-state index contributed by atoms with van der Waals surface area (Å²) in [5.74, 6) is 1.97. The van der Waals surface area contributed by atoms with E-state index in [0.717, 1.165) is 37.4 Å². The molecule has 0 radical (unpaired) electrons. The third-order valence-electron chi connectivity index (χ3n) is 4.80. The fraction of sp³-hybridized carbons (Fsp3) is 0.800. The Hall–Kier alpha value is -0.870. The molecule has 1 saturated heterocycles. The van der Waals surface area contributed by atoms with Gasteiger partial charge in [0.25, 0.3) is 0 Å². The van der Waals surface area contributed by atoms with Crippen molar-refractivity contribution in [1.82, 2.24) is 14.5 Å². The molecule has 106 valence electrons. The summed E-state index contributed by atoms with van der Waals surface area (Å²) in [4.78, 5) is 7.10. The molecule has 1 aromatic heterocycles. The lowest BCUT2D eigenvalue weighted by atomic mass is 9.93. The third-order valence-corrected chi connectivity index (χ3v) is 4.80. The first-order valence-corrected chi connectivity index (χ1v) is 7.72. The molecule has 0 aliphatic carbocycles. The number of hydrogen-bond acceptors (Lipinski definition) is 3. The van der Waals surface area contributed by atoms with Crippen molar-refractivity contribution < 1.29 is 5.11 Å². The van der Waals surface area contributed by atoms with E-state index in [2.05, 4.69) is 21.4 Å². The summed E-state index contributed by atoms with van der Waals surface area (Å²) in [6, 6.07) is 0. The number of aromatic nitrogens is 2. The van der Waals surface area contributed by atoms with Crippen LogP contribution in [0.3, 0.4) is 0 Å². The Bertz CT molecular complexity index is 421. The van der Waals surface area contributed by atoms with Crippen molar-refractivity contribution in [2.45, 2.75) is 51.7 Å². The van der Waals surface area contributed by atoms with E-state index in [9.17, 15) is 5.11 Å². The number of aliphatic hydroxyl groups is 1. The van der Waals surface area contributed by atoms with Gasteiger partial charge in [0.05, 0.1) is 18.0 Å². The summed E-state index contributed by atoms with van der Waals surface area (Å²) >= 11 is 0. The molecule has 1 N–H and O–H groups in total. The number of imidazole rings is 1. The van der Waals surface area contributed by atoms with E-state index in [-0.39, 0.29) is 6.10 Å². The number of hydrogen-bond donors (Lipinski definition) is 1. The number of likely N-dealkylation sites (tertiary alicyclic amines) is 1. The van der Waals surface area contributed by atoms with Gasteiger partial charge in [0.1, 0.15) is 5.82 Å². The fourth-order valence-electron chi connectivity index (χ4n) is 3.47. The van der Waals surface area contributed by atoms with Gasteiger partial charge >= 0.3 is 0 Å². The average Bonchev–Trinajstić information content (AvgIpc) is 2.84. The lowest BCUT2D eigenvalue weighted by Gasteiger charge is -2.31. The van der Waals surface area contributed by atoms with Crippen LogP contribution in [0.15, 0.2) is 6.20 Å². The molecule has 0 aromatic carbocycles. The molecule has 0 saturated carbocycles. The van der Waals surface area contributed by atoms with E-state index in [1.165, 1.54) is 38.3 Å². The van der Waals surface area contributed by atoms with Gasteiger partial charge in [0, 0.05) is 13.0 Å². The van der Waals surface area contributed by atoms with Crippen LogP contribution < -0.4 is 0 Å². The minimum absolute atomic E-state index is 0.295. The number of aliphatic hydroxyl groups excluding tert-OH is 1. The summed E-state index contributed by atoms with van der Waals surface area (Å²) in [6.45, 7) is 6.93. The SMILES string of the molecule is CCN1CCC(Cc2ncc3n2CCCC3O)CC1. The third kappa shape index (κ3) is 2.70. The summed E-state index contributed by atoms with van der Waals surface area (Å²) in [5.41, 5.74) is 1.03. The highest BCUT2D eigenvalue weighted by Crippen LogP contribution is 2.28. The van der Waals surface area contributed by atoms with Crippen LogP contribution in [-0.4, -0.2) is 39.2 Å². The Morgan fingerprint density at radius 1 is 1.26 bits per heavy atom.